The molecule has 0 bridgehead atoms. The predicted octanol–water partition coefficient (Wildman–Crippen LogP) is 0.355. The lowest BCUT2D eigenvalue weighted by Gasteiger charge is -1.97. The van der Waals surface area contributed by atoms with Crippen LogP contribution in [0.15, 0.2) is 10.8 Å². The van der Waals surface area contributed by atoms with Gasteiger partial charge in [-0.3, -0.25) is 4.72 Å². The number of sulfonamides is 1. The highest BCUT2D eigenvalue weighted by molar-refractivity contribution is 7.92. The molecule has 1 aromatic rings. The maximum absolute atomic E-state index is 10.7. The number of aromatic nitrogens is 1. The molecular weight excluding hydrogens is 168 g/mol. The van der Waals surface area contributed by atoms with E-state index >= 15 is 0 Å². The summed E-state index contributed by atoms with van der Waals surface area (Å²) in [5, 5.41) is 3.44. The lowest BCUT2D eigenvalue weighted by molar-refractivity contribution is 0.422. The molecule has 0 radical (unpaired) electrons. The fourth-order valence-electron chi connectivity index (χ4n) is 0.561. The summed E-state index contributed by atoms with van der Waals surface area (Å²) in [6.07, 6.45) is 2.43. The highest BCUT2D eigenvalue weighted by Crippen LogP contribution is 2.11. The minimum absolute atomic E-state index is 0.243. The molecule has 11 heavy (non-hydrogen) atoms. The second-order valence-electron chi connectivity index (χ2n) is 2.22. The van der Waals surface area contributed by atoms with Crippen LogP contribution in [0.25, 0.3) is 0 Å². The molecule has 0 aromatic carbocycles. The van der Waals surface area contributed by atoms with Gasteiger partial charge in [0, 0.05) is 5.56 Å². The summed E-state index contributed by atoms with van der Waals surface area (Å²) in [7, 11) is -3.24. The molecule has 0 amide bonds. The van der Waals surface area contributed by atoms with Crippen molar-refractivity contribution >= 4 is 15.8 Å². The third kappa shape index (κ3) is 2.23. The Kier molecular flexibility index (Phi) is 1.86. The first-order chi connectivity index (χ1) is 4.99. The van der Waals surface area contributed by atoms with Crippen LogP contribution in [0.4, 0.5) is 5.82 Å². The van der Waals surface area contributed by atoms with Gasteiger partial charge in [0.1, 0.15) is 6.26 Å². The molecule has 1 heterocycles. The van der Waals surface area contributed by atoms with Gasteiger partial charge in [-0.2, -0.15) is 0 Å². The number of rotatable bonds is 2. The number of hydrogen-bond donors (Lipinski definition) is 1. The van der Waals surface area contributed by atoms with Crippen molar-refractivity contribution in [3.8, 4) is 0 Å². The summed E-state index contributed by atoms with van der Waals surface area (Å²) in [6, 6.07) is 0. The molecule has 0 fully saturated rings. The van der Waals surface area contributed by atoms with Gasteiger partial charge < -0.3 is 4.52 Å². The van der Waals surface area contributed by atoms with Gasteiger partial charge in [-0.25, -0.2) is 8.42 Å². The van der Waals surface area contributed by atoms with Gasteiger partial charge in [0.2, 0.25) is 10.0 Å². The second-order valence-corrected chi connectivity index (χ2v) is 3.97. The van der Waals surface area contributed by atoms with Crippen molar-refractivity contribution in [2.45, 2.75) is 6.92 Å². The molecule has 1 rings (SSSR count). The molecule has 0 aliphatic rings. The lowest BCUT2D eigenvalue weighted by atomic mass is 10.4. The minimum Gasteiger partial charge on any atom is -0.362 e. The Hall–Kier alpha value is -1.04. The number of nitrogens with one attached hydrogen (secondary N) is 1. The minimum atomic E-state index is -3.24. The molecule has 0 aliphatic heterocycles. The van der Waals surface area contributed by atoms with Gasteiger partial charge in [-0.1, -0.05) is 5.16 Å². The highest BCUT2D eigenvalue weighted by atomic mass is 32.2. The fourth-order valence-corrected chi connectivity index (χ4v) is 1.11. The molecule has 1 aromatic heterocycles. The Labute approximate surface area is 64.4 Å². The zero-order chi connectivity index (χ0) is 8.48. The number of nitrogens with zero attached hydrogens (tertiary/aromatic N) is 1. The Morgan fingerprint density at radius 2 is 2.27 bits per heavy atom. The van der Waals surface area contributed by atoms with E-state index in [0.717, 1.165) is 6.26 Å². The first-order valence-electron chi connectivity index (χ1n) is 2.88. The van der Waals surface area contributed by atoms with Crippen molar-refractivity contribution in [1.29, 1.82) is 0 Å². The van der Waals surface area contributed by atoms with Crippen molar-refractivity contribution in [3.63, 3.8) is 0 Å². The lowest BCUT2D eigenvalue weighted by Crippen LogP contribution is -2.10. The quantitative estimate of drug-likeness (QED) is 0.705. The largest absolute Gasteiger partial charge is 0.362 e. The maximum Gasteiger partial charge on any atom is 0.231 e. The van der Waals surface area contributed by atoms with Gasteiger partial charge in [0.05, 0.1) is 6.26 Å². The SMILES string of the molecule is Cc1conc1NS(C)(=O)=O. The third-order valence-electron chi connectivity index (χ3n) is 1.03. The van der Waals surface area contributed by atoms with E-state index in [4.69, 9.17) is 0 Å². The first-order valence-corrected chi connectivity index (χ1v) is 4.77. The van der Waals surface area contributed by atoms with Crippen LogP contribution < -0.4 is 4.72 Å². The van der Waals surface area contributed by atoms with Gasteiger partial charge >= 0.3 is 0 Å². The molecule has 6 heteroatoms. The molecule has 0 unspecified atom stereocenters. The highest BCUT2D eigenvalue weighted by Gasteiger charge is 2.07. The monoisotopic (exact) mass is 176 g/mol. The average molecular weight is 176 g/mol. The molecule has 0 spiro atoms. The van der Waals surface area contributed by atoms with E-state index in [2.05, 4.69) is 14.4 Å². The molecule has 62 valence electrons. The van der Waals surface area contributed by atoms with Gasteiger partial charge in [-0.15, -0.1) is 0 Å². The number of aryl methyl sites for hydroxylation is 1. The van der Waals surface area contributed by atoms with Crippen LogP contribution in [0.2, 0.25) is 0 Å². The summed E-state index contributed by atoms with van der Waals surface area (Å²) in [5.41, 5.74) is 0.662. The van der Waals surface area contributed by atoms with Crippen molar-refractivity contribution in [2.24, 2.45) is 0 Å². The van der Waals surface area contributed by atoms with Crippen molar-refractivity contribution < 1.29 is 12.9 Å². The maximum atomic E-state index is 10.7. The van der Waals surface area contributed by atoms with Gasteiger partial charge in [0.25, 0.3) is 0 Å². The van der Waals surface area contributed by atoms with Crippen LogP contribution in [-0.4, -0.2) is 19.8 Å². The Morgan fingerprint density at radius 1 is 1.64 bits per heavy atom. The average Bonchev–Trinajstić information content (AvgIpc) is 2.12. The van der Waals surface area contributed by atoms with Crippen LogP contribution in [0.5, 0.6) is 0 Å². The second kappa shape index (κ2) is 2.54. The van der Waals surface area contributed by atoms with Crippen LogP contribution in [0.1, 0.15) is 5.56 Å². The molecule has 0 atom stereocenters. The molecule has 1 N–H and O–H groups in total. The molecular formula is C5H8N2O3S. The van der Waals surface area contributed by atoms with E-state index in [1.165, 1.54) is 6.26 Å². The van der Waals surface area contributed by atoms with E-state index in [0.29, 0.717) is 5.56 Å². The third-order valence-corrected chi connectivity index (χ3v) is 1.59. The van der Waals surface area contributed by atoms with Crippen LogP contribution in [-0.2, 0) is 10.0 Å². The van der Waals surface area contributed by atoms with Gasteiger partial charge in [-0.05, 0) is 6.92 Å². The normalized spacial score (nSPS) is 11.5. The molecule has 0 saturated carbocycles. The van der Waals surface area contributed by atoms with Gasteiger partial charge in [0.15, 0.2) is 5.82 Å². The van der Waals surface area contributed by atoms with Crippen molar-refractivity contribution in [2.75, 3.05) is 11.0 Å². The summed E-state index contributed by atoms with van der Waals surface area (Å²) >= 11 is 0. The predicted molar refractivity (Wildman–Crippen MR) is 39.7 cm³/mol. The fraction of sp³-hybridized carbons (Fsp3) is 0.400. The topological polar surface area (TPSA) is 72.2 Å². The van der Waals surface area contributed by atoms with E-state index < -0.39 is 10.0 Å². The molecule has 0 saturated heterocycles. The number of hydrogen-bond acceptors (Lipinski definition) is 4. The van der Waals surface area contributed by atoms with Crippen LogP contribution >= 0.6 is 0 Å². The van der Waals surface area contributed by atoms with E-state index in [-0.39, 0.29) is 5.82 Å². The standard InChI is InChI=1S/C5H8N2O3S/c1-4-3-10-6-5(4)7-11(2,8)9/h3H,1-2H3,(H,6,7). The van der Waals surface area contributed by atoms with Crippen LogP contribution in [0, 0.1) is 6.92 Å². The Bertz CT molecular complexity index is 340. The summed E-state index contributed by atoms with van der Waals surface area (Å²) in [5.74, 6) is 0.243. The smallest absolute Gasteiger partial charge is 0.231 e. The zero-order valence-corrected chi connectivity index (χ0v) is 6.97. The summed E-state index contributed by atoms with van der Waals surface area (Å²) in [6.45, 7) is 1.70. The van der Waals surface area contributed by atoms with E-state index in [1.54, 1.807) is 6.92 Å². The summed E-state index contributed by atoms with van der Waals surface area (Å²) < 4.78 is 28.0. The van der Waals surface area contributed by atoms with Crippen LogP contribution in [0.3, 0.4) is 0 Å². The first kappa shape index (κ1) is 8.06. The molecule has 5 nitrogen and oxygen atoms in total. The Morgan fingerprint density at radius 3 is 2.64 bits per heavy atom. The zero-order valence-electron chi connectivity index (χ0n) is 6.16. The van der Waals surface area contributed by atoms with Crippen molar-refractivity contribution in [1.82, 2.24) is 5.16 Å². The summed E-state index contributed by atoms with van der Waals surface area (Å²) in [4.78, 5) is 0. The van der Waals surface area contributed by atoms with E-state index in [9.17, 15) is 8.42 Å². The number of anilines is 1. The van der Waals surface area contributed by atoms with Crippen molar-refractivity contribution in [3.05, 3.63) is 11.8 Å². The van der Waals surface area contributed by atoms with E-state index in [1.807, 2.05) is 0 Å². The molecule has 0 aliphatic carbocycles. The Balaban J connectivity index is 2.89.